The molecule has 1 amide bonds. The molecule has 1 saturated heterocycles. The van der Waals surface area contributed by atoms with Gasteiger partial charge in [-0.25, -0.2) is 0 Å². The maximum Gasteiger partial charge on any atom is 0.255 e. The number of benzene rings is 2. The zero-order valence-corrected chi connectivity index (χ0v) is 18.9. The van der Waals surface area contributed by atoms with Crippen molar-refractivity contribution in [2.24, 2.45) is 0 Å². The Morgan fingerprint density at radius 2 is 1.77 bits per heavy atom. The lowest BCUT2D eigenvalue weighted by atomic mass is 10.1. The highest BCUT2D eigenvalue weighted by molar-refractivity contribution is 5.97. The molecule has 2 aromatic rings. The van der Waals surface area contributed by atoms with Crippen LogP contribution in [0.1, 0.15) is 41.3 Å². The van der Waals surface area contributed by atoms with Crippen molar-refractivity contribution in [3.8, 4) is 11.5 Å². The number of ether oxygens (including phenoxy) is 3. The van der Waals surface area contributed by atoms with Gasteiger partial charge in [-0.1, -0.05) is 31.2 Å². The third kappa shape index (κ3) is 6.71. The van der Waals surface area contributed by atoms with E-state index in [1.807, 2.05) is 0 Å². The Labute approximate surface area is 185 Å². The van der Waals surface area contributed by atoms with Gasteiger partial charge in [-0.2, -0.15) is 0 Å². The molecule has 0 atom stereocenters. The molecular formula is C25H34N2O4. The summed E-state index contributed by atoms with van der Waals surface area (Å²) >= 11 is 0. The van der Waals surface area contributed by atoms with Gasteiger partial charge < -0.3 is 19.5 Å². The van der Waals surface area contributed by atoms with E-state index >= 15 is 0 Å². The summed E-state index contributed by atoms with van der Waals surface area (Å²) in [4.78, 5) is 15.0. The zero-order valence-electron chi connectivity index (χ0n) is 18.9. The first-order valence-corrected chi connectivity index (χ1v) is 11.0. The third-order valence-corrected chi connectivity index (χ3v) is 5.69. The van der Waals surface area contributed by atoms with Crippen LogP contribution in [0.5, 0.6) is 11.5 Å². The predicted molar refractivity (Wildman–Crippen MR) is 122 cm³/mol. The Morgan fingerprint density at radius 3 is 2.42 bits per heavy atom. The van der Waals surface area contributed by atoms with E-state index in [1.54, 1.807) is 32.4 Å². The van der Waals surface area contributed by atoms with Crippen LogP contribution in [0.2, 0.25) is 0 Å². The van der Waals surface area contributed by atoms with Gasteiger partial charge in [0, 0.05) is 39.4 Å². The van der Waals surface area contributed by atoms with Crippen molar-refractivity contribution in [3.63, 3.8) is 0 Å². The van der Waals surface area contributed by atoms with E-state index in [2.05, 4.69) is 41.4 Å². The molecular weight excluding hydrogens is 392 g/mol. The van der Waals surface area contributed by atoms with Gasteiger partial charge in [0.25, 0.3) is 5.91 Å². The summed E-state index contributed by atoms with van der Waals surface area (Å²) in [5.74, 6) is 1.09. The van der Waals surface area contributed by atoms with Crippen LogP contribution in [0, 0.1) is 0 Å². The van der Waals surface area contributed by atoms with E-state index in [0.29, 0.717) is 30.2 Å². The first kappa shape index (κ1) is 23.1. The Morgan fingerprint density at radius 1 is 1.06 bits per heavy atom. The molecule has 0 aromatic heterocycles. The van der Waals surface area contributed by atoms with Gasteiger partial charge in [-0.3, -0.25) is 9.69 Å². The van der Waals surface area contributed by atoms with Crippen molar-refractivity contribution in [1.29, 1.82) is 0 Å². The first-order chi connectivity index (χ1) is 15.1. The molecule has 1 aliphatic rings. The monoisotopic (exact) mass is 426 g/mol. The second kappa shape index (κ2) is 11.7. The highest BCUT2D eigenvalue weighted by Gasteiger charge is 2.23. The maximum absolute atomic E-state index is 12.6. The Kier molecular flexibility index (Phi) is 8.74. The topological polar surface area (TPSA) is 60.0 Å². The molecule has 0 bridgehead atoms. The van der Waals surface area contributed by atoms with Crippen molar-refractivity contribution in [2.75, 3.05) is 40.5 Å². The van der Waals surface area contributed by atoms with Crippen LogP contribution in [0.3, 0.4) is 0 Å². The molecule has 2 aromatic carbocycles. The van der Waals surface area contributed by atoms with Crippen molar-refractivity contribution < 1.29 is 19.0 Å². The highest BCUT2D eigenvalue weighted by Crippen LogP contribution is 2.28. The minimum Gasteiger partial charge on any atom is -0.497 e. The van der Waals surface area contributed by atoms with Crippen molar-refractivity contribution in [3.05, 3.63) is 59.2 Å². The minimum absolute atomic E-state index is 0.0800. The standard InChI is InChI=1S/C25H34N2O4/c1-4-19-5-7-20(8-6-19)18-27-14-11-21(12-15-27)31-24-17-22(30-3)9-10-23(24)25(28)26-13-16-29-2/h5-10,17,21H,4,11-16,18H2,1-3H3,(H,26,28). The number of rotatable bonds is 10. The molecule has 0 saturated carbocycles. The second-order valence-corrected chi connectivity index (χ2v) is 7.87. The lowest BCUT2D eigenvalue weighted by molar-refractivity contribution is 0.0881. The van der Waals surface area contributed by atoms with Crippen LogP contribution in [-0.2, 0) is 17.7 Å². The van der Waals surface area contributed by atoms with Gasteiger partial charge >= 0.3 is 0 Å². The summed E-state index contributed by atoms with van der Waals surface area (Å²) in [5.41, 5.74) is 3.24. The number of nitrogens with zero attached hydrogens (tertiary/aromatic N) is 1. The molecule has 0 aliphatic carbocycles. The van der Waals surface area contributed by atoms with Crippen LogP contribution in [-0.4, -0.2) is 57.4 Å². The van der Waals surface area contributed by atoms with Crippen LogP contribution >= 0.6 is 0 Å². The molecule has 0 radical (unpaired) electrons. The molecule has 31 heavy (non-hydrogen) atoms. The molecule has 3 rings (SSSR count). The number of nitrogens with one attached hydrogen (secondary N) is 1. The fourth-order valence-electron chi connectivity index (χ4n) is 3.78. The Balaban J connectivity index is 1.57. The summed E-state index contributed by atoms with van der Waals surface area (Å²) in [7, 11) is 3.23. The van der Waals surface area contributed by atoms with E-state index in [-0.39, 0.29) is 12.0 Å². The number of hydrogen-bond donors (Lipinski definition) is 1. The molecule has 6 heteroatoms. The summed E-state index contributed by atoms with van der Waals surface area (Å²) < 4.78 is 16.6. The molecule has 1 fully saturated rings. The number of aryl methyl sites for hydroxylation is 1. The number of methoxy groups -OCH3 is 2. The number of carbonyl (C=O) groups excluding carboxylic acids is 1. The van der Waals surface area contributed by atoms with Crippen molar-refractivity contribution >= 4 is 5.91 Å². The van der Waals surface area contributed by atoms with Gasteiger partial charge in [-0.15, -0.1) is 0 Å². The SMILES string of the molecule is CCc1ccc(CN2CCC(Oc3cc(OC)ccc3C(=O)NCCOC)CC2)cc1. The molecule has 1 heterocycles. The molecule has 168 valence electrons. The second-order valence-electron chi connectivity index (χ2n) is 7.87. The lowest BCUT2D eigenvalue weighted by Crippen LogP contribution is -2.38. The summed E-state index contributed by atoms with van der Waals surface area (Å²) in [6, 6.07) is 14.2. The van der Waals surface area contributed by atoms with Gasteiger partial charge in [0.15, 0.2) is 0 Å². The van der Waals surface area contributed by atoms with E-state index in [0.717, 1.165) is 38.9 Å². The number of hydrogen-bond acceptors (Lipinski definition) is 5. The molecule has 0 unspecified atom stereocenters. The molecule has 0 spiro atoms. The van der Waals surface area contributed by atoms with Gasteiger partial charge in [0.1, 0.15) is 17.6 Å². The Hall–Kier alpha value is -2.57. The number of likely N-dealkylation sites (tertiary alicyclic amines) is 1. The van der Waals surface area contributed by atoms with Crippen molar-refractivity contribution in [1.82, 2.24) is 10.2 Å². The van der Waals surface area contributed by atoms with Gasteiger partial charge in [0.2, 0.25) is 0 Å². The van der Waals surface area contributed by atoms with Crippen LogP contribution in [0.25, 0.3) is 0 Å². The maximum atomic E-state index is 12.6. The number of piperidine rings is 1. The summed E-state index contributed by atoms with van der Waals surface area (Å²) in [6.45, 7) is 6.01. The normalized spacial score (nSPS) is 14.9. The smallest absolute Gasteiger partial charge is 0.255 e. The predicted octanol–water partition coefficient (Wildman–Crippen LogP) is 3.68. The number of amides is 1. The summed E-state index contributed by atoms with van der Waals surface area (Å²) in [6.07, 6.45) is 3.00. The summed E-state index contributed by atoms with van der Waals surface area (Å²) in [5, 5.41) is 2.86. The molecule has 1 aliphatic heterocycles. The van der Waals surface area contributed by atoms with E-state index < -0.39 is 0 Å². The third-order valence-electron chi connectivity index (χ3n) is 5.69. The van der Waals surface area contributed by atoms with E-state index in [1.165, 1.54) is 11.1 Å². The zero-order chi connectivity index (χ0) is 22.1. The fourth-order valence-corrected chi connectivity index (χ4v) is 3.78. The molecule has 1 N–H and O–H groups in total. The first-order valence-electron chi connectivity index (χ1n) is 11.0. The average molecular weight is 427 g/mol. The average Bonchev–Trinajstić information content (AvgIpc) is 2.81. The van der Waals surface area contributed by atoms with Gasteiger partial charge in [-0.05, 0) is 42.5 Å². The number of carbonyl (C=O) groups is 1. The minimum atomic E-state index is -0.164. The van der Waals surface area contributed by atoms with Crippen LogP contribution < -0.4 is 14.8 Å². The lowest BCUT2D eigenvalue weighted by Gasteiger charge is -2.32. The van der Waals surface area contributed by atoms with Gasteiger partial charge in [0.05, 0.1) is 19.3 Å². The van der Waals surface area contributed by atoms with Crippen molar-refractivity contribution in [2.45, 2.75) is 38.8 Å². The fraction of sp³-hybridized carbons (Fsp3) is 0.480. The van der Waals surface area contributed by atoms with Crippen LogP contribution in [0.4, 0.5) is 0 Å². The largest absolute Gasteiger partial charge is 0.497 e. The molecule has 6 nitrogen and oxygen atoms in total. The van der Waals surface area contributed by atoms with E-state index in [4.69, 9.17) is 14.2 Å². The van der Waals surface area contributed by atoms with Crippen LogP contribution in [0.15, 0.2) is 42.5 Å². The Bertz CT molecular complexity index is 830. The quantitative estimate of drug-likeness (QED) is 0.588. The van der Waals surface area contributed by atoms with E-state index in [9.17, 15) is 4.79 Å². The highest BCUT2D eigenvalue weighted by atomic mass is 16.5.